The molecule has 3 rings (SSSR count). The molecule has 2 aliphatic rings. The molecule has 4 nitrogen and oxygen atoms in total. The number of allylic oxidation sites excluding steroid dienone is 1. The Morgan fingerprint density at radius 2 is 1.80 bits per heavy atom. The highest BCUT2D eigenvalue weighted by atomic mass is 15.4. The first-order valence-corrected chi connectivity index (χ1v) is 9.11. The minimum absolute atomic E-state index is 0.114. The molecule has 1 aromatic rings. The molecule has 0 fully saturated rings. The van der Waals surface area contributed by atoms with Crippen LogP contribution in [-0.2, 0) is 18.3 Å². The number of benzene rings is 1. The van der Waals surface area contributed by atoms with Crippen molar-refractivity contribution >= 4 is 11.4 Å². The van der Waals surface area contributed by atoms with E-state index in [1.807, 2.05) is 14.0 Å². The number of fused-ring (bicyclic) bond motifs is 3. The van der Waals surface area contributed by atoms with Gasteiger partial charge >= 0.3 is 0 Å². The molecule has 0 radical (unpaired) electrons. The molecule has 0 atom stereocenters. The molecule has 25 heavy (non-hydrogen) atoms. The predicted molar refractivity (Wildman–Crippen MR) is 107 cm³/mol. The van der Waals surface area contributed by atoms with Crippen molar-refractivity contribution in [3.8, 4) is 0 Å². The van der Waals surface area contributed by atoms with Gasteiger partial charge in [-0.15, -0.1) is 0 Å². The van der Waals surface area contributed by atoms with Gasteiger partial charge in [-0.2, -0.15) is 0 Å². The summed E-state index contributed by atoms with van der Waals surface area (Å²) in [5.74, 6) is 6.14. The molecule has 0 bridgehead atoms. The first kappa shape index (κ1) is 17.9. The molecule has 5 N–H and O–H groups in total. The van der Waals surface area contributed by atoms with Crippen LogP contribution in [0.3, 0.4) is 0 Å². The second-order valence-corrected chi connectivity index (χ2v) is 8.65. The second-order valence-electron chi connectivity index (χ2n) is 8.65. The van der Waals surface area contributed by atoms with Crippen molar-refractivity contribution < 1.29 is 0 Å². The smallest absolute Gasteiger partial charge is 0.0773 e. The van der Waals surface area contributed by atoms with E-state index in [1.54, 1.807) is 5.01 Å². The molecule has 1 aliphatic carbocycles. The molecule has 0 amide bonds. The van der Waals surface area contributed by atoms with Crippen LogP contribution in [0, 0.1) is 0 Å². The maximum Gasteiger partial charge on any atom is 0.0773 e. The number of hydrogen-bond donors (Lipinski definition) is 3. The summed E-state index contributed by atoms with van der Waals surface area (Å²) in [4.78, 5) is 0. The summed E-state index contributed by atoms with van der Waals surface area (Å²) in [6.45, 7) is 15.3. The molecule has 1 aliphatic heterocycles. The van der Waals surface area contributed by atoms with Crippen molar-refractivity contribution in [1.29, 1.82) is 0 Å². The fourth-order valence-corrected chi connectivity index (χ4v) is 4.64. The summed E-state index contributed by atoms with van der Waals surface area (Å²) in [5, 5.41) is 5.43. The van der Waals surface area contributed by atoms with E-state index in [1.165, 1.54) is 39.9 Å². The zero-order valence-electron chi connectivity index (χ0n) is 16.5. The largest absolute Gasteiger partial charge is 0.401 e. The van der Waals surface area contributed by atoms with E-state index in [2.05, 4.69) is 45.7 Å². The monoisotopic (exact) mass is 340 g/mol. The van der Waals surface area contributed by atoms with Crippen LogP contribution in [0.1, 0.15) is 63.3 Å². The molecule has 0 saturated heterocycles. The molecule has 1 aromatic carbocycles. The lowest BCUT2D eigenvalue weighted by atomic mass is 9.66. The van der Waals surface area contributed by atoms with Gasteiger partial charge in [0.05, 0.1) is 11.2 Å². The zero-order chi connectivity index (χ0) is 18.7. The first-order chi connectivity index (χ1) is 11.5. The molecule has 136 valence electrons. The van der Waals surface area contributed by atoms with E-state index in [9.17, 15) is 0 Å². The molecule has 0 saturated carbocycles. The first-order valence-electron chi connectivity index (χ1n) is 9.11. The van der Waals surface area contributed by atoms with Crippen molar-refractivity contribution in [3.05, 3.63) is 46.2 Å². The summed E-state index contributed by atoms with van der Waals surface area (Å²) in [5.41, 5.74) is 15.4. The van der Waals surface area contributed by atoms with Gasteiger partial charge < -0.3 is 16.1 Å². The van der Waals surface area contributed by atoms with Crippen LogP contribution < -0.4 is 16.9 Å². The third kappa shape index (κ3) is 2.54. The third-order valence-corrected chi connectivity index (χ3v) is 6.00. The summed E-state index contributed by atoms with van der Waals surface area (Å²) >= 11 is 0. The van der Waals surface area contributed by atoms with Crippen LogP contribution in [0.25, 0.3) is 5.70 Å². The Bertz CT molecular complexity index is 778. The van der Waals surface area contributed by atoms with Gasteiger partial charge in [0.2, 0.25) is 0 Å². The van der Waals surface area contributed by atoms with Crippen LogP contribution in [0.4, 0.5) is 5.69 Å². The molecule has 0 spiro atoms. The maximum atomic E-state index is 6.20. The van der Waals surface area contributed by atoms with Crippen LogP contribution in [0.2, 0.25) is 0 Å². The lowest BCUT2D eigenvalue weighted by molar-refractivity contribution is 0.487. The fourth-order valence-electron chi connectivity index (χ4n) is 4.64. The topological polar surface area (TPSA) is 67.3 Å². The SMILES string of the molecule is C=C1C(C)(C)Nc2c(cc(/C(=C(\C)N)N(C)N)c3c2CCC3)C1(C)C. The standard InChI is InChI=1S/C21H32N4/c1-12(22)19(25(7)23)16-11-17-18(15-10-8-9-14(15)16)24-21(5,6)13(2)20(17,3)4/h11,24H,2,8-10,22-23H2,1,3-7H3/b19-12-. The number of hydrogen-bond acceptors (Lipinski definition) is 4. The Labute approximate surface area is 151 Å². The maximum absolute atomic E-state index is 6.20. The van der Waals surface area contributed by atoms with E-state index in [4.69, 9.17) is 11.6 Å². The number of anilines is 1. The molecule has 0 unspecified atom stereocenters. The van der Waals surface area contributed by atoms with E-state index in [0.717, 1.165) is 24.2 Å². The molecule has 1 heterocycles. The summed E-state index contributed by atoms with van der Waals surface area (Å²) in [6.07, 6.45) is 3.35. The fraction of sp³-hybridized carbons (Fsp3) is 0.524. The summed E-state index contributed by atoms with van der Waals surface area (Å²) < 4.78 is 0. The van der Waals surface area contributed by atoms with Gasteiger partial charge in [0.25, 0.3) is 0 Å². The third-order valence-electron chi connectivity index (χ3n) is 6.00. The average molecular weight is 341 g/mol. The predicted octanol–water partition coefficient (Wildman–Crippen LogP) is 3.67. The van der Waals surface area contributed by atoms with Gasteiger partial charge in [-0.1, -0.05) is 20.4 Å². The highest BCUT2D eigenvalue weighted by Crippen LogP contribution is 2.51. The Morgan fingerprint density at radius 3 is 2.36 bits per heavy atom. The Balaban J connectivity index is 2.35. The highest BCUT2D eigenvalue weighted by Gasteiger charge is 2.43. The number of nitrogens with two attached hydrogens (primary N) is 2. The van der Waals surface area contributed by atoms with Gasteiger partial charge in [-0.3, -0.25) is 0 Å². The van der Waals surface area contributed by atoms with Crippen molar-refractivity contribution in [3.63, 3.8) is 0 Å². The Hall–Kier alpha value is -1.94. The average Bonchev–Trinajstić information content (AvgIpc) is 2.96. The summed E-state index contributed by atoms with van der Waals surface area (Å²) in [6, 6.07) is 2.29. The van der Waals surface area contributed by atoms with Crippen molar-refractivity contribution in [2.24, 2.45) is 11.6 Å². The van der Waals surface area contributed by atoms with Gasteiger partial charge in [0.15, 0.2) is 0 Å². The van der Waals surface area contributed by atoms with Gasteiger partial charge in [0, 0.05) is 29.4 Å². The second kappa shape index (κ2) is 5.53. The summed E-state index contributed by atoms with van der Waals surface area (Å²) in [7, 11) is 1.86. The van der Waals surface area contributed by atoms with Crippen molar-refractivity contribution in [2.45, 2.75) is 64.8 Å². The van der Waals surface area contributed by atoms with Gasteiger partial charge in [-0.25, -0.2) is 5.84 Å². The number of hydrazine groups is 1. The van der Waals surface area contributed by atoms with Crippen molar-refractivity contribution in [1.82, 2.24) is 5.01 Å². The Morgan fingerprint density at radius 1 is 1.20 bits per heavy atom. The van der Waals surface area contributed by atoms with E-state index < -0.39 is 0 Å². The minimum Gasteiger partial charge on any atom is -0.401 e. The van der Waals surface area contributed by atoms with Gasteiger partial charge in [-0.05, 0) is 68.4 Å². The van der Waals surface area contributed by atoms with Crippen LogP contribution in [-0.4, -0.2) is 17.6 Å². The quantitative estimate of drug-likeness (QED) is 0.436. The van der Waals surface area contributed by atoms with Crippen LogP contribution in [0.5, 0.6) is 0 Å². The van der Waals surface area contributed by atoms with E-state index >= 15 is 0 Å². The van der Waals surface area contributed by atoms with Crippen LogP contribution in [0.15, 0.2) is 23.9 Å². The number of nitrogens with zero attached hydrogens (tertiary/aromatic N) is 1. The molecular formula is C21H32N4. The molecule has 0 aromatic heterocycles. The van der Waals surface area contributed by atoms with E-state index in [-0.39, 0.29) is 11.0 Å². The molecular weight excluding hydrogens is 308 g/mol. The van der Waals surface area contributed by atoms with Gasteiger partial charge in [0.1, 0.15) is 0 Å². The normalized spacial score (nSPS) is 21.2. The van der Waals surface area contributed by atoms with Crippen LogP contribution >= 0.6 is 0 Å². The van der Waals surface area contributed by atoms with E-state index in [0.29, 0.717) is 0 Å². The highest BCUT2D eigenvalue weighted by molar-refractivity contribution is 5.79. The molecule has 4 heteroatoms. The number of rotatable bonds is 2. The zero-order valence-corrected chi connectivity index (χ0v) is 16.5. The lowest BCUT2D eigenvalue weighted by Gasteiger charge is -2.47. The van der Waals surface area contributed by atoms with Crippen molar-refractivity contribution in [2.75, 3.05) is 12.4 Å². The lowest BCUT2D eigenvalue weighted by Crippen LogP contribution is -2.46. The number of nitrogens with one attached hydrogen (secondary N) is 1. The minimum atomic E-state index is -0.124. The Kier molecular flexibility index (Phi) is 3.95.